The molecule has 0 amide bonds. The zero-order valence-electron chi connectivity index (χ0n) is 10.5. The van der Waals surface area contributed by atoms with Crippen molar-refractivity contribution in [3.63, 3.8) is 0 Å². The molecule has 0 aromatic heterocycles. The molecule has 1 aliphatic carbocycles. The van der Waals surface area contributed by atoms with Crippen LogP contribution >= 0.6 is 11.6 Å². The van der Waals surface area contributed by atoms with Crippen LogP contribution in [0.2, 0.25) is 5.02 Å². The molecule has 0 spiro atoms. The van der Waals surface area contributed by atoms with E-state index in [4.69, 9.17) is 17.3 Å². The Balaban J connectivity index is 2.70. The van der Waals surface area contributed by atoms with Gasteiger partial charge in [-0.3, -0.25) is 0 Å². The van der Waals surface area contributed by atoms with E-state index < -0.39 is 0 Å². The Morgan fingerprint density at radius 3 is 1.94 bits per heavy atom. The monoisotopic (exact) mass is 237 g/mol. The summed E-state index contributed by atoms with van der Waals surface area (Å²) in [5.74, 6) is 0. The summed E-state index contributed by atoms with van der Waals surface area (Å²) in [5.41, 5.74) is 9.77. The van der Waals surface area contributed by atoms with Crippen LogP contribution in [0.25, 0.3) is 0 Å². The molecule has 0 saturated carbocycles. The second kappa shape index (κ2) is 3.40. The Labute approximate surface area is 103 Å². The molecule has 1 aliphatic rings. The minimum atomic E-state index is 0.211. The van der Waals surface area contributed by atoms with Crippen molar-refractivity contribution in [3.05, 3.63) is 28.3 Å². The van der Waals surface area contributed by atoms with Crippen molar-refractivity contribution in [3.8, 4) is 0 Å². The lowest BCUT2D eigenvalue weighted by Gasteiger charge is -2.42. The standard InChI is InChI=1S/C14H20ClN/c1-13(2)5-6-14(3,4)10-8-12(16)11(15)7-9(10)13/h7-8H,5-6,16H2,1-4H3. The second-order valence-electron chi connectivity index (χ2n) is 6.19. The summed E-state index contributed by atoms with van der Waals surface area (Å²) in [6.45, 7) is 9.14. The Morgan fingerprint density at radius 1 is 1.00 bits per heavy atom. The number of nitrogen functional groups attached to an aromatic ring is 1. The van der Waals surface area contributed by atoms with Crippen molar-refractivity contribution in [1.29, 1.82) is 0 Å². The molecule has 2 heteroatoms. The Hall–Kier alpha value is -0.690. The SMILES string of the molecule is CC1(C)CCC(C)(C)c2cc(Cl)c(N)cc21. The predicted octanol–water partition coefficient (Wildman–Crippen LogP) is 4.27. The fraction of sp³-hybridized carbons (Fsp3) is 0.571. The fourth-order valence-electron chi connectivity index (χ4n) is 2.60. The first-order valence-corrected chi connectivity index (χ1v) is 6.22. The van der Waals surface area contributed by atoms with Gasteiger partial charge in [-0.25, -0.2) is 0 Å². The lowest BCUT2D eigenvalue weighted by Crippen LogP contribution is -2.33. The zero-order valence-corrected chi connectivity index (χ0v) is 11.3. The summed E-state index contributed by atoms with van der Waals surface area (Å²) in [5, 5.41) is 0.685. The maximum atomic E-state index is 6.14. The van der Waals surface area contributed by atoms with E-state index in [-0.39, 0.29) is 10.8 Å². The molecule has 1 nitrogen and oxygen atoms in total. The van der Waals surface area contributed by atoms with Gasteiger partial charge in [0.2, 0.25) is 0 Å². The van der Waals surface area contributed by atoms with E-state index in [1.807, 2.05) is 0 Å². The van der Waals surface area contributed by atoms with Gasteiger partial charge < -0.3 is 5.73 Å². The maximum absolute atomic E-state index is 6.14. The van der Waals surface area contributed by atoms with Crippen molar-refractivity contribution >= 4 is 17.3 Å². The number of benzene rings is 1. The average Bonchev–Trinajstić information content (AvgIpc) is 2.17. The molecule has 0 fully saturated rings. The first-order chi connectivity index (χ1) is 7.24. The van der Waals surface area contributed by atoms with Crippen molar-refractivity contribution in [2.24, 2.45) is 0 Å². The second-order valence-corrected chi connectivity index (χ2v) is 6.59. The van der Waals surface area contributed by atoms with Gasteiger partial charge in [0.1, 0.15) is 0 Å². The van der Waals surface area contributed by atoms with E-state index in [9.17, 15) is 0 Å². The normalized spacial score (nSPS) is 21.6. The maximum Gasteiger partial charge on any atom is 0.0638 e. The highest BCUT2D eigenvalue weighted by atomic mass is 35.5. The number of fused-ring (bicyclic) bond motifs is 1. The minimum Gasteiger partial charge on any atom is -0.398 e. The third kappa shape index (κ3) is 1.71. The summed E-state index contributed by atoms with van der Waals surface area (Å²) in [6, 6.07) is 4.13. The van der Waals surface area contributed by atoms with E-state index >= 15 is 0 Å². The highest BCUT2D eigenvalue weighted by Gasteiger charge is 2.37. The van der Waals surface area contributed by atoms with Crippen LogP contribution in [-0.2, 0) is 10.8 Å². The van der Waals surface area contributed by atoms with Gasteiger partial charge in [0.15, 0.2) is 0 Å². The molecule has 0 heterocycles. The van der Waals surface area contributed by atoms with Crippen LogP contribution in [0, 0.1) is 0 Å². The molecule has 1 aromatic rings. The van der Waals surface area contributed by atoms with E-state index in [0.717, 1.165) is 0 Å². The highest BCUT2D eigenvalue weighted by Crippen LogP contribution is 2.47. The van der Waals surface area contributed by atoms with Crippen LogP contribution < -0.4 is 5.73 Å². The molecule has 0 aliphatic heterocycles. The van der Waals surface area contributed by atoms with Gasteiger partial charge in [-0.05, 0) is 46.9 Å². The highest BCUT2D eigenvalue weighted by molar-refractivity contribution is 6.33. The lowest BCUT2D eigenvalue weighted by atomic mass is 9.63. The Morgan fingerprint density at radius 2 is 1.44 bits per heavy atom. The number of anilines is 1. The van der Waals surface area contributed by atoms with Crippen LogP contribution in [0.4, 0.5) is 5.69 Å². The molecule has 2 rings (SSSR count). The van der Waals surface area contributed by atoms with Crippen LogP contribution in [0.1, 0.15) is 51.7 Å². The summed E-state index contributed by atoms with van der Waals surface area (Å²) < 4.78 is 0. The first-order valence-electron chi connectivity index (χ1n) is 5.84. The molecule has 0 unspecified atom stereocenters. The summed E-state index contributed by atoms with van der Waals surface area (Å²) in [4.78, 5) is 0. The molecule has 1 aromatic carbocycles. The quantitative estimate of drug-likeness (QED) is 0.670. The molecular weight excluding hydrogens is 218 g/mol. The Bertz CT molecular complexity index is 392. The summed E-state index contributed by atoms with van der Waals surface area (Å²) in [6.07, 6.45) is 2.40. The summed E-state index contributed by atoms with van der Waals surface area (Å²) >= 11 is 6.14. The number of hydrogen-bond donors (Lipinski definition) is 1. The molecular formula is C14H20ClN. The Kier molecular flexibility index (Phi) is 2.50. The number of nitrogens with two attached hydrogens (primary N) is 1. The average molecular weight is 238 g/mol. The lowest BCUT2D eigenvalue weighted by molar-refractivity contribution is 0.332. The van der Waals surface area contributed by atoms with Gasteiger partial charge in [-0.1, -0.05) is 39.3 Å². The molecule has 2 N–H and O–H groups in total. The van der Waals surface area contributed by atoms with Gasteiger partial charge in [-0.15, -0.1) is 0 Å². The van der Waals surface area contributed by atoms with Crippen LogP contribution in [0.5, 0.6) is 0 Å². The molecule has 0 bridgehead atoms. The minimum absolute atomic E-state index is 0.211. The van der Waals surface area contributed by atoms with E-state index in [1.54, 1.807) is 0 Å². The van der Waals surface area contributed by atoms with Crippen LogP contribution in [0.3, 0.4) is 0 Å². The van der Waals surface area contributed by atoms with E-state index in [0.29, 0.717) is 10.7 Å². The molecule has 0 atom stereocenters. The predicted molar refractivity (Wildman–Crippen MR) is 71.2 cm³/mol. The number of rotatable bonds is 0. The fourth-order valence-corrected chi connectivity index (χ4v) is 2.77. The molecule has 0 radical (unpaired) electrons. The van der Waals surface area contributed by atoms with Gasteiger partial charge in [-0.2, -0.15) is 0 Å². The van der Waals surface area contributed by atoms with Crippen molar-refractivity contribution in [2.45, 2.75) is 51.4 Å². The van der Waals surface area contributed by atoms with Crippen molar-refractivity contribution in [1.82, 2.24) is 0 Å². The zero-order chi connectivity index (χ0) is 12.1. The van der Waals surface area contributed by atoms with E-state index in [1.165, 1.54) is 24.0 Å². The largest absolute Gasteiger partial charge is 0.398 e. The van der Waals surface area contributed by atoms with Crippen LogP contribution in [0.15, 0.2) is 12.1 Å². The van der Waals surface area contributed by atoms with Crippen molar-refractivity contribution < 1.29 is 0 Å². The van der Waals surface area contributed by atoms with Gasteiger partial charge in [0, 0.05) is 0 Å². The summed E-state index contributed by atoms with van der Waals surface area (Å²) in [7, 11) is 0. The topological polar surface area (TPSA) is 26.0 Å². The molecule has 88 valence electrons. The third-order valence-corrected chi connectivity index (χ3v) is 4.30. The third-order valence-electron chi connectivity index (χ3n) is 3.97. The number of halogens is 1. The van der Waals surface area contributed by atoms with Gasteiger partial charge in [0.05, 0.1) is 10.7 Å². The van der Waals surface area contributed by atoms with E-state index in [2.05, 4.69) is 39.8 Å². The van der Waals surface area contributed by atoms with Gasteiger partial charge in [0.25, 0.3) is 0 Å². The van der Waals surface area contributed by atoms with Crippen LogP contribution in [-0.4, -0.2) is 0 Å². The molecule has 16 heavy (non-hydrogen) atoms. The smallest absolute Gasteiger partial charge is 0.0638 e. The van der Waals surface area contributed by atoms with Crippen molar-refractivity contribution in [2.75, 3.05) is 5.73 Å². The molecule has 0 saturated heterocycles. The first kappa shape index (κ1) is 11.8. The number of hydrogen-bond acceptors (Lipinski definition) is 1. The van der Waals surface area contributed by atoms with Gasteiger partial charge >= 0.3 is 0 Å².